The molecule has 3 nitrogen and oxygen atoms in total. The highest BCUT2D eigenvalue weighted by atomic mass is 127. The molecule has 2 aromatic rings. The number of H-pyrrole nitrogens is 1. The molecule has 2 heterocycles. The maximum absolute atomic E-state index is 11.3. The van der Waals surface area contributed by atoms with E-state index in [1.165, 1.54) is 0 Å². The van der Waals surface area contributed by atoms with Crippen LogP contribution in [-0.2, 0) is 0 Å². The number of aromatic amines is 1. The zero-order valence-corrected chi connectivity index (χ0v) is 8.62. The number of fused-ring (bicyclic) bond motifs is 1. The second-order valence-corrected chi connectivity index (χ2v) is 3.82. The van der Waals surface area contributed by atoms with Gasteiger partial charge in [0.05, 0.1) is 3.70 Å². The van der Waals surface area contributed by atoms with Crippen LogP contribution in [-0.4, -0.2) is 9.38 Å². The highest BCUT2D eigenvalue weighted by Crippen LogP contribution is 2.06. The summed E-state index contributed by atoms with van der Waals surface area (Å²) >= 11 is 2.09. The summed E-state index contributed by atoms with van der Waals surface area (Å²) in [4.78, 5) is 14.1. The van der Waals surface area contributed by atoms with Crippen LogP contribution < -0.4 is 5.56 Å². The molecule has 62 valence electrons. The van der Waals surface area contributed by atoms with E-state index in [0.29, 0.717) is 5.52 Å². The molecule has 0 aliphatic heterocycles. The van der Waals surface area contributed by atoms with E-state index in [4.69, 9.17) is 0 Å². The number of nitrogens with zero attached hydrogens (tertiary/aromatic N) is 1. The molecule has 0 unspecified atom stereocenters. The Morgan fingerprint density at radius 1 is 1.50 bits per heavy atom. The summed E-state index contributed by atoms with van der Waals surface area (Å²) < 4.78 is 2.74. The van der Waals surface area contributed by atoms with Crippen LogP contribution in [0.15, 0.2) is 23.1 Å². The molecule has 0 atom stereocenters. The van der Waals surface area contributed by atoms with Crippen molar-refractivity contribution in [2.24, 2.45) is 0 Å². The number of hydrogen-bond donors (Lipinski definition) is 1. The number of aromatic nitrogens is 2. The molecule has 0 aromatic carbocycles. The standard InChI is InChI=1S/C8H7IN2O/c1-5-2-3-6-8(12)10-7(9)4-11(5)6/h2-4H,1H3,(H,10,12). The van der Waals surface area contributed by atoms with Crippen molar-refractivity contribution in [3.8, 4) is 0 Å². The van der Waals surface area contributed by atoms with Gasteiger partial charge in [-0.25, -0.2) is 0 Å². The van der Waals surface area contributed by atoms with Gasteiger partial charge in [-0.2, -0.15) is 0 Å². The Morgan fingerprint density at radius 3 is 3.00 bits per heavy atom. The van der Waals surface area contributed by atoms with E-state index in [0.717, 1.165) is 9.39 Å². The molecular formula is C8H7IN2O. The number of halogens is 1. The molecule has 0 spiro atoms. The first-order valence-electron chi connectivity index (χ1n) is 3.55. The van der Waals surface area contributed by atoms with Crippen molar-refractivity contribution >= 4 is 28.1 Å². The second-order valence-electron chi connectivity index (χ2n) is 2.66. The van der Waals surface area contributed by atoms with Crippen molar-refractivity contribution < 1.29 is 0 Å². The molecule has 0 fully saturated rings. The summed E-state index contributed by atoms with van der Waals surface area (Å²) in [5, 5.41) is 0. The number of rotatable bonds is 0. The van der Waals surface area contributed by atoms with Crippen molar-refractivity contribution in [1.29, 1.82) is 0 Å². The van der Waals surface area contributed by atoms with Gasteiger partial charge in [0.25, 0.3) is 5.56 Å². The molecule has 0 saturated carbocycles. The summed E-state index contributed by atoms with van der Waals surface area (Å²) in [6.45, 7) is 1.97. The maximum atomic E-state index is 11.3. The average molecular weight is 274 g/mol. The highest BCUT2D eigenvalue weighted by molar-refractivity contribution is 14.1. The van der Waals surface area contributed by atoms with Gasteiger partial charge in [0.15, 0.2) is 0 Å². The van der Waals surface area contributed by atoms with Crippen LogP contribution in [0, 0.1) is 10.6 Å². The summed E-state index contributed by atoms with van der Waals surface area (Å²) in [5.41, 5.74) is 1.75. The van der Waals surface area contributed by atoms with Crippen molar-refractivity contribution in [3.05, 3.63) is 38.1 Å². The van der Waals surface area contributed by atoms with Gasteiger partial charge < -0.3 is 9.38 Å². The van der Waals surface area contributed by atoms with Gasteiger partial charge in [0.1, 0.15) is 5.52 Å². The lowest BCUT2D eigenvalue weighted by atomic mass is 10.5. The number of aryl methyl sites for hydroxylation is 1. The first-order valence-corrected chi connectivity index (χ1v) is 4.63. The number of hydrogen-bond acceptors (Lipinski definition) is 1. The normalized spacial score (nSPS) is 10.8. The van der Waals surface area contributed by atoms with E-state index in [2.05, 4.69) is 27.6 Å². The minimum atomic E-state index is -0.0324. The van der Waals surface area contributed by atoms with Gasteiger partial charge in [-0.1, -0.05) is 0 Å². The Labute approximate surface area is 82.6 Å². The van der Waals surface area contributed by atoms with Crippen LogP contribution in [0.1, 0.15) is 5.69 Å². The van der Waals surface area contributed by atoms with Crippen LogP contribution in [0.5, 0.6) is 0 Å². The largest absolute Gasteiger partial charge is 0.314 e. The van der Waals surface area contributed by atoms with Gasteiger partial charge in [-0.3, -0.25) is 4.79 Å². The van der Waals surface area contributed by atoms with E-state index in [1.807, 2.05) is 29.7 Å². The van der Waals surface area contributed by atoms with Crippen molar-refractivity contribution in [1.82, 2.24) is 9.38 Å². The van der Waals surface area contributed by atoms with Gasteiger partial charge >= 0.3 is 0 Å². The molecule has 0 bridgehead atoms. The van der Waals surface area contributed by atoms with Crippen molar-refractivity contribution in [3.63, 3.8) is 0 Å². The van der Waals surface area contributed by atoms with E-state index in [1.54, 1.807) is 0 Å². The van der Waals surface area contributed by atoms with E-state index in [9.17, 15) is 4.79 Å². The topological polar surface area (TPSA) is 37.3 Å². The lowest BCUT2D eigenvalue weighted by Gasteiger charge is -1.97. The molecule has 0 aliphatic carbocycles. The summed E-state index contributed by atoms with van der Waals surface area (Å²) in [5.74, 6) is 0. The minimum absolute atomic E-state index is 0.0324. The Bertz CT molecular complexity index is 483. The first-order chi connectivity index (χ1) is 5.68. The maximum Gasteiger partial charge on any atom is 0.273 e. The highest BCUT2D eigenvalue weighted by Gasteiger charge is 2.01. The van der Waals surface area contributed by atoms with Crippen LogP contribution in [0.3, 0.4) is 0 Å². The molecule has 0 saturated heterocycles. The Morgan fingerprint density at radius 2 is 2.25 bits per heavy atom. The summed E-state index contributed by atoms with van der Waals surface area (Å²) in [6.07, 6.45) is 1.91. The molecule has 0 aliphatic rings. The van der Waals surface area contributed by atoms with Crippen LogP contribution >= 0.6 is 22.6 Å². The minimum Gasteiger partial charge on any atom is -0.314 e. The fourth-order valence-electron chi connectivity index (χ4n) is 1.22. The SMILES string of the molecule is Cc1ccc2c(=O)[nH]c(I)cn12. The predicted octanol–water partition coefficient (Wildman–Crippen LogP) is 1.54. The third-order valence-corrected chi connectivity index (χ3v) is 2.38. The second kappa shape index (κ2) is 2.62. The van der Waals surface area contributed by atoms with Crippen molar-refractivity contribution in [2.45, 2.75) is 6.92 Å². The lowest BCUT2D eigenvalue weighted by Crippen LogP contribution is -2.10. The van der Waals surface area contributed by atoms with Crippen molar-refractivity contribution in [2.75, 3.05) is 0 Å². The fraction of sp³-hybridized carbons (Fsp3) is 0.125. The third-order valence-electron chi connectivity index (χ3n) is 1.83. The molecule has 2 aromatic heterocycles. The van der Waals surface area contributed by atoms with Gasteiger partial charge in [-0.15, -0.1) is 0 Å². The Balaban J connectivity index is 3.03. The summed E-state index contributed by atoms with van der Waals surface area (Å²) in [7, 11) is 0. The zero-order chi connectivity index (χ0) is 8.72. The van der Waals surface area contributed by atoms with Crippen LogP contribution in [0.2, 0.25) is 0 Å². The van der Waals surface area contributed by atoms with E-state index >= 15 is 0 Å². The molecule has 2 rings (SSSR count). The fourth-order valence-corrected chi connectivity index (χ4v) is 1.75. The van der Waals surface area contributed by atoms with Crippen LogP contribution in [0.25, 0.3) is 5.52 Å². The molecule has 4 heteroatoms. The van der Waals surface area contributed by atoms with Crippen LogP contribution in [0.4, 0.5) is 0 Å². The quantitative estimate of drug-likeness (QED) is 0.727. The molecule has 0 amide bonds. The van der Waals surface area contributed by atoms with E-state index in [-0.39, 0.29) is 5.56 Å². The molecule has 12 heavy (non-hydrogen) atoms. The van der Waals surface area contributed by atoms with Gasteiger partial charge in [0, 0.05) is 11.9 Å². The average Bonchev–Trinajstić information content (AvgIpc) is 2.33. The molecular weight excluding hydrogens is 267 g/mol. The monoisotopic (exact) mass is 274 g/mol. The Hall–Kier alpha value is -0.780. The third kappa shape index (κ3) is 1.06. The predicted molar refractivity (Wildman–Crippen MR) is 55.5 cm³/mol. The smallest absolute Gasteiger partial charge is 0.273 e. The number of nitrogens with one attached hydrogen (secondary N) is 1. The van der Waals surface area contributed by atoms with Gasteiger partial charge in [0.2, 0.25) is 0 Å². The first kappa shape index (κ1) is 7.85. The summed E-state index contributed by atoms with van der Waals surface area (Å²) in [6, 6.07) is 3.75. The van der Waals surface area contributed by atoms with Gasteiger partial charge in [-0.05, 0) is 41.6 Å². The lowest BCUT2D eigenvalue weighted by molar-refractivity contribution is 1.03. The Kier molecular flexibility index (Phi) is 1.71. The molecule has 0 radical (unpaired) electrons. The zero-order valence-electron chi connectivity index (χ0n) is 6.47. The molecule has 1 N–H and O–H groups in total. The van der Waals surface area contributed by atoms with E-state index < -0.39 is 0 Å².